The molecule has 4 nitrogen and oxygen atoms in total. The van der Waals surface area contributed by atoms with Gasteiger partial charge < -0.3 is 11.1 Å². The van der Waals surface area contributed by atoms with E-state index in [1.54, 1.807) is 6.20 Å². The van der Waals surface area contributed by atoms with Crippen molar-refractivity contribution < 1.29 is 0 Å². The summed E-state index contributed by atoms with van der Waals surface area (Å²) in [5.41, 5.74) is 6.89. The average Bonchev–Trinajstić information content (AvgIpc) is 2.40. The molecule has 0 aliphatic heterocycles. The normalized spacial score (nSPS) is 10.3. The van der Waals surface area contributed by atoms with Crippen LogP contribution >= 0.6 is 15.9 Å². The number of nitrogens with zero attached hydrogens (tertiary/aromatic N) is 2. The van der Waals surface area contributed by atoms with Crippen LogP contribution in [0.4, 0.5) is 11.8 Å². The van der Waals surface area contributed by atoms with Gasteiger partial charge in [0.25, 0.3) is 0 Å². The van der Waals surface area contributed by atoms with Crippen LogP contribution in [0.3, 0.4) is 0 Å². The molecule has 0 aliphatic rings. The summed E-state index contributed by atoms with van der Waals surface area (Å²) >= 11 is 3.38. The summed E-state index contributed by atoms with van der Waals surface area (Å²) in [4.78, 5) is 8.02. The molecule has 0 saturated heterocycles. The zero-order valence-corrected chi connectivity index (χ0v) is 11.5. The number of halogens is 1. The van der Waals surface area contributed by atoms with Gasteiger partial charge in [0.1, 0.15) is 5.82 Å². The van der Waals surface area contributed by atoms with Crippen molar-refractivity contribution in [3.63, 3.8) is 0 Å². The molecule has 3 N–H and O–H groups in total. The van der Waals surface area contributed by atoms with E-state index in [9.17, 15) is 0 Å². The number of nitrogen functional groups attached to an aromatic ring is 1. The van der Waals surface area contributed by atoms with Crippen molar-refractivity contribution in [3.05, 3.63) is 46.6 Å². The molecular weight excluding hydrogens is 292 g/mol. The molecule has 18 heavy (non-hydrogen) atoms. The van der Waals surface area contributed by atoms with Gasteiger partial charge in [0.05, 0.1) is 4.47 Å². The number of benzene rings is 1. The minimum Gasteiger partial charge on any atom is -0.369 e. The SMILES string of the molecule is Nc1ncc(Br)c(NCCCc2ccccc2)n1. The second-order valence-corrected chi connectivity index (χ2v) is 4.80. The van der Waals surface area contributed by atoms with Crippen molar-refractivity contribution in [2.75, 3.05) is 17.6 Å². The highest BCUT2D eigenvalue weighted by Gasteiger charge is 2.02. The van der Waals surface area contributed by atoms with Crippen LogP contribution in [-0.4, -0.2) is 16.5 Å². The molecule has 0 fully saturated rings. The topological polar surface area (TPSA) is 63.8 Å². The molecule has 1 aromatic heterocycles. The number of hydrogen-bond donors (Lipinski definition) is 2. The number of anilines is 2. The van der Waals surface area contributed by atoms with Crippen LogP contribution in [0.15, 0.2) is 41.0 Å². The van der Waals surface area contributed by atoms with Crippen molar-refractivity contribution in [3.8, 4) is 0 Å². The lowest BCUT2D eigenvalue weighted by atomic mass is 10.1. The Bertz CT molecular complexity index is 502. The summed E-state index contributed by atoms with van der Waals surface area (Å²) in [6.45, 7) is 0.851. The van der Waals surface area contributed by atoms with Crippen molar-refractivity contribution in [1.82, 2.24) is 9.97 Å². The molecule has 0 spiro atoms. The largest absolute Gasteiger partial charge is 0.369 e. The fourth-order valence-corrected chi connectivity index (χ4v) is 1.98. The zero-order valence-electron chi connectivity index (χ0n) is 9.94. The highest BCUT2D eigenvalue weighted by Crippen LogP contribution is 2.19. The van der Waals surface area contributed by atoms with Crippen LogP contribution < -0.4 is 11.1 Å². The molecule has 94 valence electrons. The molecule has 0 amide bonds. The summed E-state index contributed by atoms with van der Waals surface area (Å²) in [7, 11) is 0. The lowest BCUT2D eigenvalue weighted by Crippen LogP contribution is -2.07. The summed E-state index contributed by atoms with van der Waals surface area (Å²) in [5, 5.41) is 3.25. The molecule has 0 radical (unpaired) electrons. The lowest BCUT2D eigenvalue weighted by Gasteiger charge is -2.07. The Morgan fingerprint density at radius 1 is 1.22 bits per heavy atom. The Morgan fingerprint density at radius 3 is 2.78 bits per heavy atom. The van der Waals surface area contributed by atoms with E-state index in [1.165, 1.54) is 5.56 Å². The van der Waals surface area contributed by atoms with Gasteiger partial charge in [0.2, 0.25) is 5.95 Å². The molecule has 5 heteroatoms. The monoisotopic (exact) mass is 306 g/mol. The predicted molar refractivity (Wildman–Crippen MR) is 77.4 cm³/mol. The first-order valence-corrected chi connectivity index (χ1v) is 6.61. The minimum atomic E-state index is 0.281. The molecule has 0 unspecified atom stereocenters. The molecule has 2 rings (SSSR count). The lowest BCUT2D eigenvalue weighted by molar-refractivity contribution is 0.857. The zero-order chi connectivity index (χ0) is 12.8. The van der Waals surface area contributed by atoms with E-state index in [1.807, 2.05) is 6.07 Å². The van der Waals surface area contributed by atoms with Crippen molar-refractivity contribution in [1.29, 1.82) is 0 Å². The van der Waals surface area contributed by atoms with E-state index in [0.717, 1.165) is 29.7 Å². The molecule has 0 saturated carbocycles. The van der Waals surface area contributed by atoms with E-state index in [2.05, 4.69) is 55.5 Å². The number of nitrogens with one attached hydrogen (secondary N) is 1. The Morgan fingerprint density at radius 2 is 2.00 bits per heavy atom. The number of aromatic nitrogens is 2. The van der Waals surface area contributed by atoms with Crippen LogP contribution in [0.5, 0.6) is 0 Å². The van der Waals surface area contributed by atoms with Crippen LogP contribution in [0.2, 0.25) is 0 Å². The molecule has 0 aliphatic carbocycles. The van der Waals surface area contributed by atoms with Gasteiger partial charge in [0.15, 0.2) is 0 Å². The van der Waals surface area contributed by atoms with Gasteiger partial charge in [-0.1, -0.05) is 30.3 Å². The quantitative estimate of drug-likeness (QED) is 0.834. The van der Waals surface area contributed by atoms with E-state index in [-0.39, 0.29) is 5.95 Å². The fourth-order valence-electron chi connectivity index (χ4n) is 1.65. The third-order valence-corrected chi connectivity index (χ3v) is 3.12. The van der Waals surface area contributed by atoms with E-state index >= 15 is 0 Å². The van der Waals surface area contributed by atoms with Gasteiger partial charge in [0, 0.05) is 12.7 Å². The maximum atomic E-state index is 5.54. The first-order chi connectivity index (χ1) is 8.75. The average molecular weight is 307 g/mol. The third kappa shape index (κ3) is 3.70. The van der Waals surface area contributed by atoms with Crippen LogP contribution in [0.1, 0.15) is 12.0 Å². The Kier molecular flexibility index (Phi) is 4.52. The van der Waals surface area contributed by atoms with Crippen LogP contribution in [0, 0.1) is 0 Å². The fraction of sp³-hybridized carbons (Fsp3) is 0.231. The summed E-state index contributed by atoms with van der Waals surface area (Å²) in [5.74, 6) is 1.03. The Hall–Kier alpha value is -1.62. The van der Waals surface area contributed by atoms with Gasteiger partial charge in [-0.2, -0.15) is 4.98 Å². The molecule has 1 aromatic carbocycles. The van der Waals surface area contributed by atoms with Crippen LogP contribution in [-0.2, 0) is 6.42 Å². The Labute approximate surface area is 115 Å². The van der Waals surface area contributed by atoms with Crippen molar-refractivity contribution >= 4 is 27.7 Å². The maximum absolute atomic E-state index is 5.54. The van der Waals surface area contributed by atoms with Gasteiger partial charge in [-0.3, -0.25) is 0 Å². The second kappa shape index (κ2) is 6.35. The van der Waals surface area contributed by atoms with Gasteiger partial charge >= 0.3 is 0 Å². The van der Waals surface area contributed by atoms with Gasteiger partial charge in [-0.25, -0.2) is 4.98 Å². The second-order valence-electron chi connectivity index (χ2n) is 3.94. The van der Waals surface area contributed by atoms with E-state index < -0.39 is 0 Å². The van der Waals surface area contributed by atoms with E-state index in [4.69, 9.17) is 5.73 Å². The summed E-state index contributed by atoms with van der Waals surface area (Å²) in [6.07, 6.45) is 3.74. The number of aryl methyl sites for hydroxylation is 1. The van der Waals surface area contributed by atoms with Crippen molar-refractivity contribution in [2.24, 2.45) is 0 Å². The highest BCUT2D eigenvalue weighted by atomic mass is 79.9. The van der Waals surface area contributed by atoms with Gasteiger partial charge in [-0.05, 0) is 34.3 Å². The number of hydrogen-bond acceptors (Lipinski definition) is 4. The minimum absolute atomic E-state index is 0.281. The third-order valence-electron chi connectivity index (χ3n) is 2.54. The van der Waals surface area contributed by atoms with Gasteiger partial charge in [-0.15, -0.1) is 0 Å². The maximum Gasteiger partial charge on any atom is 0.221 e. The molecule has 0 bridgehead atoms. The Balaban J connectivity index is 1.80. The number of rotatable bonds is 5. The molecular formula is C13H15BrN4. The first kappa shape index (κ1) is 12.8. The van der Waals surface area contributed by atoms with E-state index in [0.29, 0.717) is 0 Å². The summed E-state index contributed by atoms with van der Waals surface area (Å²) in [6, 6.07) is 10.4. The first-order valence-electron chi connectivity index (χ1n) is 5.81. The molecule has 2 aromatic rings. The summed E-state index contributed by atoms with van der Waals surface area (Å²) < 4.78 is 0.830. The standard InChI is InChI=1S/C13H15BrN4/c14-11-9-17-13(15)18-12(11)16-8-4-7-10-5-2-1-3-6-10/h1-3,5-6,9H,4,7-8H2,(H3,15,16,17,18). The smallest absolute Gasteiger partial charge is 0.221 e. The van der Waals surface area contributed by atoms with Crippen molar-refractivity contribution in [2.45, 2.75) is 12.8 Å². The predicted octanol–water partition coefficient (Wildman–Crippen LogP) is 2.87. The number of nitrogens with two attached hydrogens (primary N) is 1. The van der Waals surface area contributed by atoms with Crippen LogP contribution in [0.25, 0.3) is 0 Å². The molecule has 0 atom stereocenters. The molecule has 1 heterocycles. The highest BCUT2D eigenvalue weighted by molar-refractivity contribution is 9.10.